The minimum Gasteiger partial charge on any atom is -0.462 e. The second-order valence-corrected chi connectivity index (χ2v) is 12.6. The van der Waals surface area contributed by atoms with Gasteiger partial charge in [0.25, 0.3) is 0 Å². The average Bonchev–Trinajstić information content (AvgIpc) is 3.03. The first-order valence-corrected chi connectivity index (χ1v) is 18.9. The van der Waals surface area contributed by atoms with Crippen LogP contribution >= 0.6 is 37.9 Å². The molecule has 0 heterocycles. The molecule has 10 heteroatoms. The molecule has 6 nitrogen and oxygen atoms in total. The Bertz CT molecular complexity index is 1060. The number of hydrogen-bond acceptors (Lipinski definition) is 9. The van der Waals surface area contributed by atoms with Gasteiger partial charge in [0, 0.05) is 14.7 Å². The number of unbranched alkanes of at least 4 members (excludes halogenated alkanes) is 5. The molecule has 0 saturated carbocycles. The van der Waals surface area contributed by atoms with Crippen molar-refractivity contribution >= 4 is 78.3 Å². The van der Waals surface area contributed by atoms with Gasteiger partial charge in [0.15, 0.2) is 0 Å². The van der Waals surface area contributed by atoms with Gasteiger partial charge in [-0.25, -0.2) is 14.4 Å². The van der Waals surface area contributed by atoms with Crippen LogP contribution in [0.3, 0.4) is 0 Å². The van der Waals surface area contributed by atoms with E-state index in [4.69, 9.17) is 14.2 Å². The van der Waals surface area contributed by atoms with E-state index in [0.717, 1.165) is 14.7 Å². The summed E-state index contributed by atoms with van der Waals surface area (Å²) in [5.74, 6) is -0.859. The van der Waals surface area contributed by atoms with Crippen LogP contribution in [0.4, 0.5) is 0 Å². The summed E-state index contributed by atoms with van der Waals surface area (Å²) in [6.45, 7) is 8.83. The van der Waals surface area contributed by atoms with E-state index >= 15 is 0 Å². The second kappa shape index (κ2) is 28.2. The number of thiol groups is 3. The van der Waals surface area contributed by atoms with E-state index in [1.54, 1.807) is 93.6 Å². The number of ether oxygens (including phenoxy) is 3. The molecule has 0 N–H and O–H groups in total. The first-order chi connectivity index (χ1) is 21.6. The third kappa shape index (κ3) is 22.1. The molecule has 0 amide bonds. The normalized spacial score (nSPS) is 9.60. The number of carbonyl (C=O) groups is 3. The van der Waals surface area contributed by atoms with E-state index in [2.05, 4.69) is 44.8 Å². The maximum absolute atomic E-state index is 11.1. The molecule has 0 fully saturated rings. The van der Waals surface area contributed by atoms with Crippen LogP contribution in [-0.2, 0) is 14.2 Å². The van der Waals surface area contributed by atoms with Crippen molar-refractivity contribution in [3.05, 3.63) is 89.5 Å². The van der Waals surface area contributed by atoms with E-state index in [-0.39, 0.29) is 17.9 Å². The van der Waals surface area contributed by atoms with Gasteiger partial charge >= 0.3 is 90.3 Å². The largest absolute Gasteiger partial charge is 0.462 e. The molecule has 3 aromatic rings. The second-order valence-electron chi connectivity index (χ2n) is 9.36. The molecule has 0 atom stereocenters. The van der Waals surface area contributed by atoms with Crippen molar-refractivity contribution in [3.8, 4) is 0 Å². The van der Waals surface area contributed by atoms with Gasteiger partial charge < -0.3 is 14.2 Å². The van der Waals surface area contributed by atoms with E-state index < -0.39 is 0 Å². The Morgan fingerprint density at radius 2 is 0.756 bits per heavy atom. The standard InChI is InChI=1S/3C9H10O2S.C8H17.Sn.H/c3*1-2-11-9(10)7-3-5-8(12)6-4-7;1-3-5-7-8-6-4-2;;/h3*3-6,12H,2H2,1H3;1,3-8H2,2H3;;. The Kier molecular flexibility index (Phi) is 26.9. The summed E-state index contributed by atoms with van der Waals surface area (Å²) in [4.78, 5) is 35.8. The quantitative estimate of drug-likeness (QED) is 0.0560. The number of benzene rings is 3. The summed E-state index contributed by atoms with van der Waals surface area (Å²) >= 11 is 13.8. The van der Waals surface area contributed by atoms with Gasteiger partial charge in [0.05, 0.1) is 36.5 Å². The predicted octanol–water partition coefficient (Wildman–Crippen LogP) is 9.12. The zero-order chi connectivity index (χ0) is 33.9. The summed E-state index contributed by atoms with van der Waals surface area (Å²) in [5.41, 5.74) is 1.69. The molecule has 0 aliphatic carbocycles. The fourth-order valence-electron chi connectivity index (χ4n) is 3.36. The Labute approximate surface area is 299 Å². The molecular weight excluding hydrogens is 731 g/mol. The summed E-state index contributed by atoms with van der Waals surface area (Å²) < 4.78 is 15.9. The van der Waals surface area contributed by atoms with Gasteiger partial charge in [-0.3, -0.25) is 0 Å². The van der Waals surface area contributed by atoms with Crippen molar-refractivity contribution < 1.29 is 28.6 Å². The summed E-state index contributed by atoms with van der Waals surface area (Å²) in [7, 11) is 0. The van der Waals surface area contributed by atoms with Crippen LogP contribution in [0.2, 0.25) is 4.44 Å². The fourth-order valence-corrected chi connectivity index (χ4v) is 4.63. The van der Waals surface area contributed by atoms with Gasteiger partial charge in [-0.2, -0.15) is 0 Å². The van der Waals surface area contributed by atoms with Crippen molar-refractivity contribution in [3.63, 3.8) is 0 Å². The van der Waals surface area contributed by atoms with Crippen molar-refractivity contribution in [1.29, 1.82) is 0 Å². The van der Waals surface area contributed by atoms with Gasteiger partial charge in [0.1, 0.15) is 0 Å². The van der Waals surface area contributed by atoms with Crippen LogP contribution in [0.5, 0.6) is 0 Å². The predicted molar refractivity (Wildman–Crippen MR) is 194 cm³/mol. The summed E-state index contributed by atoms with van der Waals surface area (Å²) in [5, 5.41) is 0. The van der Waals surface area contributed by atoms with E-state index in [9.17, 15) is 14.4 Å². The van der Waals surface area contributed by atoms with E-state index in [1.807, 2.05) is 0 Å². The monoisotopic (exact) mass is 780 g/mol. The van der Waals surface area contributed by atoms with Crippen LogP contribution in [0.15, 0.2) is 87.5 Å². The summed E-state index contributed by atoms with van der Waals surface area (Å²) in [6, 6.07) is 20.7. The number of rotatable bonds is 12. The molecule has 0 aliphatic rings. The van der Waals surface area contributed by atoms with Gasteiger partial charge in [-0.1, -0.05) is 0 Å². The smallest absolute Gasteiger partial charge is 0.338 e. The molecule has 0 unspecified atom stereocenters. The Balaban J connectivity index is 0.000000578. The average molecular weight is 780 g/mol. The minimum absolute atomic E-state index is 0.286. The topological polar surface area (TPSA) is 78.9 Å². The molecule has 3 rings (SSSR count). The first kappa shape index (κ1) is 42.9. The molecule has 0 aliphatic heterocycles. The molecule has 2 radical (unpaired) electrons. The Morgan fingerprint density at radius 1 is 0.489 bits per heavy atom. The molecular formula is C35H48O6S3Sn. The van der Waals surface area contributed by atoms with Gasteiger partial charge in [0.2, 0.25) is 0 Å². The zero-order valence-electron chi connectivity index (χ0n) is 26.9. The van der Waals surface area contributed by atoms with Gasteiger partial charge in [-0.15, -0.1) is 37.9 Å². The van der Waals surface area contributed by atoms with Crippen molar-refractivity contribution in [1.82, 2.24) is 0 Å². The molecule has 3 aromatic carbocycles. The van der Waals surface area contributed by atoms with Crippen LogP contribution < -0.4 is 0 Å². The maximum atomic E-state index is 11.1. The van der Waals surface area contributed by atoms with E-state index in [0.29, 0.717) is 36.5 Å². The molecule has 0 bridgehead atoms. The Morgan fingerprint density at radius 3 is 1.00 bits per heavy atom. The van der Waals surface area contributed by atoms with Crippen LogP contribution in [0, 0.1) is 0 Å². The first-order valence-electron chi connectivity index (χ1n) is 15.2. The Hall–Kier alpha value is -2.08. The van der Waals surface area contributed by atoms with Crippen molar-refractivity contribution in [2.24, 2.45) is 0 Å². The van der Waals surface area contributed by atoms with E-state index in [1.165, 1.54) is 65.5 Å². The van der Waals surface area contributed by atoms with Crippen LogP contribution in [-0.4, -0.2) is 60.3 Å². The number of hydrogen-bond donors (Lipinski definition) is 3. The molecule has 0 aromatic heterocycles. The SMILES string of the molecule is CCCCCCC[CH2][SnH].CCOC(=O)c1ccc(S)cc1.CCOC(=O)c1ccc(S)cc1.CCOC(=O)c1ccc(S)cc1. The zero-order valence-corrected chi connectivity index (χ0v) is 32.8. The molecule has 0 saturated heterocycles. The molecule has 246 valence electrons. The maximum Gasteiger partial charge on any atom is 0.338 e. The third-order valence-electron chi connectivity index (χ3n) is 5.69. The minimum atomic E-state index is -0.286. The van der Waals surface area contributed by atoms with Crippen LogP contribution in [0.25, 0.3) is 0 Å². The van der Waals surface area contributed by atoms with Crippen LogP contribution in [0.1, 0.15) is 97.3 Å². The van der Waals surface area contributed by atoms with Crippen molar-refractivity contribution in [2.75, 3.05) is 19.8 Å². The third-order valence-corrected chi connectivity index (χ3v) is 7.75. The number of carbonyl (C=O) groups excluding carboxylic acids is 3. The molecule has 45 heavy (non-hydrogen) atoms. The van der Waals surface area contributed by atoms with Crippen molar-refractivity contribution in [2.45, 2.75) is 85.3 Å². The fraction of sp³-hybridized carbons (Fsp3) is 0.400. The summed E-state index contributed by atoms with van der Waals surface area (Å²) in [6.07, 6.45) is 8.75. The number of esters is 3. The molecule has 0 spiro atoms. The van der Waals surface area contributed by atoms with Gasteiger partial charge in [-0.05, 0) is 93.6 Å².